The van der Waals surface area contributed by atoms with E-state index in [9.17, 15) is 0 Å². The Morgan fingerprint density at radius 2 is 1.95 bits per heavy atom. The molecule has 3 N–H and O–H groups in total. The molecule has 0 spiro atoms. The Bertz CT molecular complexity index is 496. The Hall–Kier alpha value is -1.46. The van der Waals surface area contributed by atoms with Gasteiger partial charge in [-0.1, -0.05) is 16.8 Å². The first-order chi connectivity index (χ1) is 9.52. The summed E-state index contributed by atoms with van der Waals surface area (Å²) in [7, 11) is 0. The van der Waals surface area contributed by atoms with Crippen LogP contribution in [-0.4, -0.2) is 48.2 Å². The molecule has 1 saturated heterocycles. The second-order valence-corrected chi connectivity index (χ2v) is 5.70. The largest absolute Gasteiger partial charge is 0.409 e. The standard InChI is InChI=1S/C14H21ClN4O/c1-10(2)18-5-7-19(8-6-18)13-4-3-11(15)9-12(13)14(16)17-20/h3-4,9-10,20H,5-8H2,1-2H3,(H2,16,17). The van der Waals surface area contributed by atoms with Gasteiger partial charge in [-0.05, 0) is 32.0 Å². The van der Waals surface area contributed by atoms with Gasteiger partial charge in [0, 0.05) is 48.5 Å². The molecule has 1 aromatic rings. The molecule has 1 aliphatic heterocycles. The van der Waals surface area contributed by atoms with Crippen molar-refractivity contribution < 1.29 is 5.21 Å². The molecule has 6 heteroatoms. The van der Waals surface area contributed by atoms with Crippen LogP contribution in [0.1, 0.15) is 19.4 Å². The van der Waals surface area contributed by atoms with Crippen molar-refractivity contribution in [1.29, 1.82) is 0 Å². The molecule has 1 aromatic carbocycles. The summed E-state index contributed by atoms with van der Waals surface area (Å²) in [6, 6.07) is 6.06. The Morgan fingerprint density at radius 1 is 1.30 bits per heavy atom. The zero-order valence-corrected chi connectivity index (χ0v) is 12.6. The number of nitrogens with two attached hydrogens (primary N) is 1. The quantitative estimate of drug-likeness (QED) is 0.387. The number of anilines is 1. The molecule has 0 atom stereocenters. The average molecular weight is 297 g/mol. The molecule has 20 heavy (non-hydrogen) atoms. The van der Waals surface area contributed by atoms with Gasteiger partial charge in [-0.15, -0.1) is 0 Å². The minimum Gasteiger partial charge on any atom is -0.409 e. The molecule has 110 valence electrons. The van der Waals surface area contributed by atoms with Gasteiger partial charge >= 0.3 is 0 Å². The number of piperazine rings is 1. The lowest BCUT2D eigenvalue weighted by Gasteiger charge is -2.38. The van der Waals surface area contributed by atoms with Crippen LogP contribution in [0.2, 0.25) is 5.02 Å². The number of amidine groups is 1. The molecule has 0 aliphatic carbocycles. The monoisotopic (exact) mass is 296 g/mol. The van der Waals surface area contributed by atoms with Gasteiger partial charge in [0.05, 0.1) is 0 Å². The molecule has 0 saturated carbocycles. The van der Waals surface area contributed by atoms with Crippen LogP contribution in [0.4, 0.5) is 5.69 Å². The van der Waals surface area contributed by atoms with Gasteiger partial charge in [0.15, 0.2) is 5.84 Å². The molecule has 0 radical (unpaired) electrons. The van der Waals surface area contributed by atoms with Gasteiger partial charge in [0.2, 0.25) is 0 Å². The first kappa shape index (κ1) is 14.9. The van der Waals surface area contributed by atoms with Crippen molar-refractivity contribution in [3.63, 3.8) is 0 Å². The zero-order valence-electron chi connectivity index (χ0n) is 11.9. The van der Waals surface area contributed by atoms with E-state index in [1.54, 1.807) is 6.07 Å². The lowest BCUT2D eigenvalue weighted by Crippen LogP contribution is -2.49. The van der Waals surface area contributed by atoms with E-state index in [1.807, 2.05) is 12.1 Å². The predicted molar refractivity (Wildman–Crippen MR) is 82.9 cm³/mol. The number of nitrogens with zero attached hydrogens (tertiary/aromatic N) is 3. The van der Waals surface area contributed by atoms with E-state index in [0.717, 1.165) is 31.9 Å². The Kier molecular flexibility index (Phi) is 4.73. The van der Waals surface area contributed by atoms with Crippen LogP contribution in [0.3, 0.4) is 0 Å². The van der Waals surface area contributed by atoms with Crippen molar-refractivity contribution in [1.82, 2.24) is 4.90 Å². The Balaban J connectivity index is 2.22. The molecule has 0 amide bonds. The number of halogens is 1. The smallest absolute Gasteiger partial charge is 0.172 e. The summed E-state index contributed by atoms with van der Waals surface area (Å²) in [5.74, 6) is 0.0915. The van der Waals surface area contributed by atoms with E-state index >= 15 is 0 Å². The van der Waals surface area contributed by atoms with Crippen molar-refractivity contribution >= 4 is 23.1 Å². The van der Waals surface area contributed by atoms with Crippen LogP contribution in [-0.2, 0) is 0 Å². The highest BCUT2D eigenvalue weighted by Gasteiger charge is 2.21. The van der Waals surface area contributed by atoms with Crippen LogP contribution in [0.25, 0.3) is 0 Å². The molecule has 1 heterocycles. The summed E-state index contributed by atoms with van der Waals surface area (Å²) in [5.41, 5.74) is 7.39. The third kappa shape index (κ3) is 3.16. The SMILES string of the molecule is CC(C)N1CCN(c2ccc(Cl)cc2C(N)=NO)CC1. The van der Waals surface area contributed by atoms with E-state index < -0.39 is 0 Å². The van der Waals surface area contributed by atoms with Gasteiger partial charge in [-0.2, -0.15) is 0 Å². The highest BCUT2D eigenvalue weighted by molar-refractivity contribution is 6.31. The number of rotatable bonds is 3. The number of oxime groups is 1. The molecule has 1 fully saturated rings. The second-order valence-electron chi connectivity index (χ2n) is 5.26. The van der Waals surface area contributed by atoms with Crippen molar-refractivity contribution in [2.24, 2.45) is 10.9 Å². The van der Waals surface area contributed by atoms with Gasteiger partial charge in [-0.25, -0.2) is 0 Å². The van der Waals surface area contributed by atoms with Gasteiger partial charge < -0.3 is 15.8 Å². The van der Waals surface area contributed by atoms with E-state index in [4.69, 9.17) is 22.5 Å². The minimum atomic E-state index is 0.0915. The summed E-state index contributed by atoms with van der Waals surface area (Å²) in [6.07, 6.45) is 0. The fourth-order valence-electron chi connectivity index (χ4n) is 2.52. The summed E-state index contributed by atoms with van der Waals surface area (Å²) >= 11 is 6.00. The summed E-state index contributed by atoms with van der Waals surface area (Å²) in [6.45, 7) is 8.28. The maximum Gasteiger partial charge on any atom is 0.172 e. The van der Waals surface area contributed by atoms with Crippen LogP contribution in [0, 0.1) is 0 Å². The maximum absolute atomic E-state index is 8.91. The van der Waals surface area contributed by atoms with Crippen LogP contribution in [0.15, 0.2) is 23.4 Å². The minimum absolute atomic E-state index is 0.0915. The van der Waals surface area contributed by atoms with E-state index in [2.05, 4.69) is 28.8 Å². The Morgan fingerprint density at radius 3 is 2.50 bits per heavy atom. The zero-order chi connectivity index (χ0) is 14.7. The molecule has 0 aromatic heterocycles. The van der Waals surface area contributed by atoms with Crippen molar-refractivity contribution in [3.8, 4) is 0 Å². The highest BCUT2D eigenvalue weighted by Crippen LogP contribution is 2.25. The van der Waals surface area contributed by atoms with E-state index in [1.165, 1.54) is 0 Å². The lowest BCUT2D eigenvalue weighted by molar-refractivity contribution is 0.209. The molecule has 0 bridgehead atoms. The van der Waals surface area contributed by atoms with Crippen molar-refractivity contribution in [3.05, 3.63) is 28.8 Å². The first-order valence-corrected chi connectivity index (χ1v) is 7.17. The molecule has 2 rings (SSSR count). The molecular formula is C14H21ClN4O. The summed E-state index contributed by atoms with van der Waals surface area (Å²) < 4.78 is 0. The van der Waals surface area contributed by atoms with Gasteiger partial charge in [0.25, 0.3) is 0 Å². The molecule has 0 unspecified atom stereocenters. The lowest BCUT2D eigenvalue weighted by atomic mass is 10.1. The molecule has 1 aliphatic rings. The van der Waals surface area contributed by atoms with Crippen LogP contribution >= 0.6 is 11.6 Å². The maximum atomic E-state index is 8.91. The molecule has 5 nitrogen and oxygen atoms in total. The van der Waals surface area contributed by atoms with Crippen molar-refractivity contribution in [2.75, 3.05) is 31.1 Å². The van der Waals surface area contributed by atoms with Crippen molar-refractivity contribution in [2.45, 2.75) is 19.9 Å². The fourth-order valence-corrected chi connectivity index (χ4v) is 2.69. The van der Waals surface area contributed by atoms with Crippen LogP contribution in [0.5, 0.6) is 0 Å². The first-order valence-electron chi connectivity index (χ1n) is 6.79. The second kappa shape index (κ2) is 6.33. The van der Waals surface area contributed by atoms with Gasteiger partial charge in [-0.3, -0.25) is 4.90 Å². The number of hydrogen-bond acceptors (Lipinski definition) is 4. The highest BCUT2D eigenvalue weighted by atomic mass is 35.5. The Labute approximate surface area is 124 Å². The number of hydrogen-bond donors (Lipinski definition) is 2. The van der Waals surface area contributed by atoms with Crippen LogP contribution < -0.4 is 10.6 Å². The van der Waals surface area contributed by atoms with E-state index in [-0.39, 0.29) is 5.84 Å². The fraction of sp³-hybridized carbons (Fsp3) is 0.500. The topological polar surface area (TPSA) is 65.1 Å². The number of benzene rings is 1. The predicted octanol–water partition coefficient (Wildman–Crippen LogP) is 1.96. The summed E-state index contributed by atoms with van der Waals surface area (Å²) in [4.78, 5) is 4.69. The van der Waals surface area contributed by atoms with Gasteiger partial charge in [0.1, 0.15) is 0 Å². The summed E-state index contributed by atoms with van der Waals surface area (Å²) in [5, 5.41) is 12.6. The third-order valence-electron chi connectivity index (χ3n) is 3.73. The average Bonchev–Trinajstić information content (AvgIpc) is 2.46. The normalized spacial score (nSPS) is 17.8. The van der Waals surface area contributed by atoms with E-state index in [0.29, 0.717) is 16.6 Å². The molecular weight excluding hydrogens is 276 g/mol. The third-order valence-corrected chi connectivity index (χ3v) is 3.96.